The third kappa shape index (κ3) is 4.22. The molecule has 23 heavy (non-hydrogen) atoms. The Morgan fingerprint density at radius 3 is 2.87 bits per heavy atom. The Labute approximate surface area is 141 Å². The van der Waals surface area contributed by atoms with Crippen molar-refractivity contribution < 1.29 is 4.79 Å². The molecule has 1 aliphatic rings. The van der Waals surface area contributed by atoms with E-state index in [1.165, 1.54) is 43.9 Å². The van der Waals surface area contributed by atoms with E-state index in [2.05, 4.69) is 15.3 Å². The SMILES string of the molecule is CC(Sc1ncnc2ccccc12)C(=O)NCC1CCCCC1. The lowest BCUT2D eigenvalue weighted by Crippen LogP contribution is -2.35. The number of hydrogen-bond acceptors (Lipinski definition) is 4. The van der Waals surface area contributed by atoms with E-state index in [-0.39, 0.29) is 11.2 Å². The molecular formula is C18H23N3OS. The van der Waals surface area contributed by atoms with E-state index in [1.54, 1.807) is 6.33 Å². The number of nitrogens with one attached hydrogen (secondary N) is 1. The van der Waals surface area contributed by atoms with Crippen molar-refractivity contribution in [2.75, 3.05) is 6.54 Å². The standard InChI is InChI=1S/C18H23N3OS/c1-13(17(22)19-11-14-7-3-2-4-8-14)23-18-15-9-5-6-10-16(15)20-12-21-18/h5-6,9-10,12-14H,2-4,7-8,11H2,1H3,(H,19,22). The van der Waals surface area contributed by atoms with Crippen molar-refractivity contribution in [1.29, 1.82) is 0 Å². The number of aromatic nitrogens is 2. The highest BCUT2D eigenvalue weighted by atomic mass is 32.2. The second kappa shape index (κ2) is 7.77. The number of hydrogen-bond donors (Lipinski definition) is 1. The number of carbonyl (C=O) groups excluding carboxylic acids is 1. The molecule has 1 aromatic heterocycles. The Kier molecular flexibility index (Phi) is 5.49. The Morgan fingerprint density at radius 1 is 1.26 bits per heavy atom. The van der Waals surface area contributed by atoms with Gasteiger partial charge in [0.1, 0.15) is 11.4 Å². The zero-order valence-electron chi connectivity index (χ0n) is 13.5. The van der Waals surface area contributed by atoms with Crippen molar-refractivity contribution in [3.63, 3.8) is 0 Å². The van der Waals surface area contributed by atoms with Crippen molar-refractivity contribution in [1.82, 2.24) is 15.3 Å². The average molecular weight is 329 g/mol. The summed E-state index contributed by atoms with van der Waals surface area (Å²) in [4.78, 5) is 21.0. The molecule has 122 valence electrons. The fourth-order valence-electron chi connectivity index (χ4n) is 3.07. The van der Waals surface area contributed by atoms with Gasteiger partial charge >= 0.3 is 0 Å². The van der Waals surface area contributed by atoms with E-state index in [4.69, 9.17) is 0 Å². The molecule has 0 bridgehead atoms. The lowest BCUT2D eigenvalue weighted by molar-refractivity contribution is -0.120. The minimum atomic E-state index is -0.156. The lowest BCUT2D eigenvalue weighted by Gasteiger charge is -2.22. The Balaban J connectivity index is 1.59. The summed E-state index contributed by atoms with van der Waals surface area (Å²) in [5.41, 5.74) is 0.916. The summed E-state index contributed by atoms with van der Waals surface area (Å²) in [6.45, 7) is 2.76. The number of amides is 1. The topological polar surface area (TPSA) is 54.9 Å². The number of nitrogens with zero attached hydrogens (tertiary/aromatic N) is 2. The van der Waals surface area contributed by atoms with Crippen LogP contribution in [-0.2, 0) is 4.79 Å². The number of para-hydroxylation sites is 1. The van der Waals surface area contributed by atoms with Crippen LogP contribution in [0, 0.1) is 5.92 Å². The van der Waals surface area contributed by atoms with Gasteiger partial charge in [-0.05, 0) is 31.7 Å². The number of rotatable bonds is 5. The van der Waals surface area contributed by atoms with Crippen LogP contribution in [0.1, 0.15) is 39.0 Å². The molecule has 0 saturated heterocycles. The second-order valence-electron chi connectivity index (χ2n) is 6.21. The van der Waals surface area contributed by atoms with Gasteiger partial charge in [0.05, 0.1) is 10.8 Å². The van der Waals surface area contributed by atoms with Crippen molar-refractivity contribution in [2.45, 2.75) is 49.3 Å². The van der Waals surface area contributed by atoms with Crippen LogP contribution < -0.4 is 5.32 Å². The van der Waals surface area contributed by atoms with Crippen LogP contribution in [0.4, 0.5) is 0 Å². The van der Waals surface area contributed by atoms with Gasteiger partial charge in [0.25, 0.3) is 0 Å². The van der Waals surface area contributed by atoms with Gasteiger partial charge in [-0.1, -0.05) is 49.2 Å². The fraction of sp³-hybridized carbons (Fsp3) is 0.500. The molecule has 1 atom stereocenters. The van der Waals surface area contributed by atoms with E-state index in [9.17, 15) is 4.79 Å². The predicted molar refractivity (Wildman–Crippen MR) is 94.4 cm³/mol. The number of thioether (sulfide) groups is 1. The highest BCUT2D eigenvalue weighted by Gasteiger charge is 2.19. The van der Waals surface area contributed by atoms with Crippen LogP contribution in [-0.4, -0.2) is 27.7 Å². The van der Waals surface area contributed by atoms with Gasteiger partial charge < -0.3 is 5.32 Å². The van der Waals surface area contributed by atoms with Gasteiger partial charge in [-0.25, -0.2) is 9.97 Å². The van der Waals surface area contributed by atoms with Crippen LogP contribution in [0.25, 0.3) is 10.9 Å². The minimum Gasteiger partial charge on any atom is -0.355 e. The molecule has 1 aromatic carbocycles. The van der Waals surface area contributed by atoms with E-state index in [0.29, 0.717) is 5.92 Å². The first-order chi connectivity index (χ1) is 11.2. The summed E-state index contributed by atoms with van der Waals surface area (Å²) in [6, 6.07) is 7.91. The molecule has 0 spiro atoms. The molecule has 1 heterocycles. The Morgan fingerprint density at radius 2 is 2.04 bits per heavy atom. The maximum Gasteiger partial charge on any atom is 0.233 e. The first kappa shape index (κ1) is 16.2. The Hall–Kier alpha value is -1.62. The van der Waals surface area contributed by atoms with Crippen molar-refractivity contribution in [3.05, 3.63) is 30.6 Å². The molecule has 4 nitrogen and oxygen atoms in total. The van der Waals surface area contributed by atoms with E-state index in [1.807, 2.05) is 31.2 Å². The zero-order valence-corrected chi connectivity index (χ0v) is 14.3. The van der Waals surface area contributed by atoms with Gasteiger partial charge in [0.2, 0.25) is 5.91 Å². The normalized spacial score (nSPS) is 17.1. The van der Waals surface area contributed by atoms with Gasteiger partial charge in [-0.3, -0.25) is 4.79 Å². The molecule has 1 aliphatic carbocycles. The molecule has 1 N–H and O–H groups in total. The molecule has 0 radical (unpaired) electrons. The molecule has 3 rings (SSSR count). The first-order valence-corrected chi connectivity index (χ1v) is 9.26. The first-order valence-electron chi connectivity index (χ1n) is 8.38. The highest BCUT2D eigenvalue weighted by molar-refractivity contribution is 8.00. The third-order valence-corrected chi connectivity index (χ3v) is 5.57. The van der Waals surface area contributed by atoms with Crippen molar-refractivity contribution in [3.8, 4) is 0 Å². The maximum absolute atomic E-state index is 12.4. The zero-order chi connectivity index (χ0) is 16.1. The second-order valence-corrected chi connectivity index (χ2v) is 7.53. The van der Waals surface area contributed by atoms with Gasteiger partial charge in [0, 0.05) is 11.9 Å². The molecule has 5 heteroatoms. The van der Waals surface area contributed by atoms with Crippen molar-refractivity contribution >= 4 is 28.6 Å². The van der Waals surface area contributed by atoms with Crippen LogP contribution in [0.15, 0.2) is 35.6 Å². The molecule has 2 aromatic rings. The summed E-state index contributed by atoms with van der Waals surface area (Å²) < 4.78 is 0. The Bertz CT molecular complexity index is 665. The molecule has 1 amide bonds. The highest BCUT2D eigenvalue weighted by Crippen LogP contribution is 2.28. The van der Waals surface area contributed by atoms with Gasteiger partial charge in [0.15, 0.2) is 0 Å². The maximum atomic E-state index is 12.4. The van der Waals surface area contributed by atoms with Gasteiger partial charge in [-0.2, -0.15) is 0 Å². The summed E-state index contributed by atoms with van der Waals surface area (Å²) >= 11 is 1.50. The van der Waals surface area contributed by atoms with Crippen LogP contribution in [0.5, 0.6) is 0 Å². The number of carbonyl (C=O) groups is 1. The third-order valence-electron chi connectivity index (χ3n) is 4.45. The fourth-order valence-corrected chi connectivity index (χ4v) is 4.01. The minimum absolute atomic E-state index is 0.100. The summed E-state index contributed by atoms with van der Waals surface area (Å²) in [5.74, 6) is 0.757. The summed E-state index contributed by atoms with van der Waals surface area (Å²) in [7, 11) is 0. The summed E-state index contributed by atoms with van der Waals surface area (Å²) in [6.07, 6.45) is 8.01. The predicted octanol–water partition coefficient (Wildman–Crippen LogP) is 3.81. The average Bonchev–Trinajstić information content (AvgIpc) is 2.61. The van der Waals surface area contributed by atoms with Gasteiger partial charge in [-0.15, -0.1) is 0 Å². The van der Waals surface area contributed by atoms with E-state index >= 15 is 0 Å². The van der Waals surface area contributed by atoms with Crippen LogP contribution in [0.3, 0.4) is 0 Å². The smallest absolute Gasteiger partial charge is 0.233 e. The molecule has 1 unspecified atom stereocenters. The lowest BCUT2D eigenvalue weighted by atomic mass is 9.89. The monoisotopic (exact) mass is 329 g/mol. The number of benzene rings is 1. The van der Waals surface area contributed by atoms with Crippen LogP contribution >= 0.6 is 11.8 Å². The molecule has 1 fully saturated rings. The summed E-state index contributed by atoms with van der Waals surface area (Å²) in [5, 5.41) is 4.84. The van der Waals surface area contributed by atoms with Crippen molar-refractivity contribution in [2.24, 2.45) is 5.92 Å². The largest absolute Gasteiger partial charge is 0.355 e. The number of fused-ring (bicyclic) bond motifs is 1. The molecule has 0 aliphatic heterocycles. The van der Waals surface area contributed by atoms with E-state index in [0.717, 1.165) is 22.5 Å². The van der Waals surface area contributed by atoms with Crippen LogP contribution in [0.2, 0.25) is 0 Å². The van der Waals surface area contributed by atoms with E-state index < -0.39 is 0 Å². The molecule has 1 saturated carbocycles. The molecular weight excluding hydrogens is 306 g/mol. The quantitative estimate of drug-likeness (QED) is 0.669.